The van der Waals surface area contributed by atoms with Gasteiger partial charge in [-0.2, -0.15) is 0 Å². The highest BCUT2D eigenvalue weighted by Gasteiger charge is 2.40. The van der Waals surface area contributed by atoms with Gasteiger partial charge in [0, 0.05) is 42.4 Å². The second kappa shape index (κ2) is 11.2. The van der Waals surface area contributed by atoms with Gasteiger partial charge in [-0.3, -0.25) is 24.5 Å². The molecular weight excluding hydrogens is 548 g/mol. The summed E-state index contributed by atoms with van der Waals surface area (Å²) in [6.45, 7) is 1.16. The number of hydrogen-bond donors (Lipinski definition) is 0. The average molecular weight is 571 g/mol. The minimum absolute atomic E-state index is 0.0415. The zero-order valence-corrected chi connectivity index (χ0v) is 22.5. The second-order valence-electron chi connectivity index (χ2n) is 9.06. The Bertz CT molecular complexity index is 1390. The topological polar surface area (TPSA) is 114 Å². The number of benzene rings is 2. The number of carbonyl (C=O) groups excluding carboxylic acids is 3. The molecule has 38 heavy (non-hydrogen) atoms. The molecule has 2 aliphatic heterocycles. The molecular formula is C26H23ClN4O5S2. The maximum atomic E-state index is 12.9. The smallest absolute Gasteiger partial charge is 0.288 e. The van der Waals surface area contributed by atoms with Crippen LogP contribution in [0.2, 0.25) is 5.02 Å². The van der Waals surface area contributed by atoms with Crippen molar-refractivity contribution < 1.29 is 19.3 Å². The number of hydrogen-bond acceptors (Lipinski definition) is 8. The fourth-order valence-corrected chi connectivity index (χ4v) is 6.86. The Balaban J connectivity index is 1.14. The first-order chi connectivity index (χ1) is 18.3. The molecule has 196 valence electrons. The Hall–Kier alpha value is -3.28. The van der Waals surface area contributed by atoms with Crippen molar-refractivity contribution in [2.45, 2.75) is 30.4 Å². The van der Waals surface area contributed by atoms with Gasteiger partial charge in [-0.05, 0) is 31.0 Å². The number of amides is 3. The molecule has 12 heteroatoms. The number of rotatable bonds is 7. The van der Waals surface area contributed by atoms with Crippen LogP contribution in [-0.4, -0.2) is 56.6 Å². The van der Waals surface area contributed by atoms with Crippen molar-refractivity contribution in [3.63, 3.8) is 0 Å². The summed E-state index contributed by atoms with van der Waals surface area (Å²) in [5, 5.41) is 13.6. The number of nitrogens with zero attached hydrogens (tertiary/aromatic N) is 4. The highest BCUT2D eigenvalue weighted by Crippen LogP contribution is 2.36. The van der Waals surface area contributed by atoms with E-state index in [-0.39, 0.29) is 46.5 Å². The zero-order chi connectivity index (χ0) is 26.8. The number of carbonyl (C=O) groups is 3. The fourth-order valence-electron chi connectivity index (χ4n) is 4.64. The Kier molecular flexibility index (Phi) is 7.78. The minimum Gasteiger partial charge on any atom is -0.342 e. The minimum atomic E-state index is -0.554. The molecule has 0 aliphatic carbocycles. The molecule has 1 atom stereocenters. The molecule has 9 nitrogen and oxygen atoms in total. The molecule has 0 saturated carbocycles. The Morgan fingerprint density at radius 2 is 1.89 bits per heavy atom. The standard InChI is InChI=1S/C26H23ClN4O5S2/c27-19-7-6-17(12-21(19)31(35)36)20-14-38-25(28-20)16-8-10-29(11-9-16)24(33)15-37-22-13-23(32)30(26(22)34)18-4-2-1-3-5-18/h1-7,12,14,16,22H,8-11,13,15H2. The van der Waals surface area contributed by atoms with Crippen LogP contribution in [0, 0.1) is 10.1 Å². The number of likely N-dealkylation sites (tertiary alicyclic amines) is 1. The lowest BCUT2D eigenvalue weighted by Gasteiger charge is -2.31. The van der Waals surface area contributed by atoms with E-state index in [1.165, 1.54) is 40.1 Å². The maximum absolute atomic E-state index is 12.9. The van der Waals surface area contributed by atoms with Crippen LogP contribution in [0.1, 0.15) is 30.2 Å². The van der Waals surface area contributed by atoms with Crippen molar-refractivity contribution in [1.29, 1.82) is 0 Å². The summed E-state index contributed by atoms with van der Waals surface area (Å²) in [6.07, 6.45) is 1.61. The molecule has 0 bridgehead atoms. The van der Waals surface area contributed by atoms with E-state index in [0.717, 1.165) is 17.8 Å². The lowest BCUT2D eigenvalue weighted by atomic mass is 9.97. The van der Waals surface area contributed by atoms with Crippen LogP contribution in [-0.2, 0) is 14.4 Å². The summed E-state index contributed by atoms with van der Waals surface area (Å²) in [5.74, 6) is -0.221. The van der Waals surface area contributed by atoms with E-state index in [1.54, 1.807) is 35.2 Å². The molecule has 1 aromatic heterocycles. The molecule has 3 amide bonds. The van der Waals surface area contributed by atoms with E-state index in [0.29, 0.717) is 30.0 Å². The van der Waals surface area contributed by atoms with E-state index in [4.69, 9.17) is 16.6 Å². The number of aromatic nitrogens is 1. The molecule has 2 aliphatic rings. The molecule has 0 N–H and O–H groups in total. The Labute approximate surface area is 231 Å². The monoisotopic (exact) mass is 570 g/mol. The third-order valence-electron chi connectivity index (χ3n) is 6.69. The van der Waals surface area contributed by atoms with Gasteiger partial charge in [0.15, 0.2) is 0 Å². The summed E-state index contributed by atoms with van der Waals surface area (Å²) >= 11 is 8.66. The van der Waals surface area contributed by atoms with Gasteiger partial charge < -0.3 is 4.90 Å². The zero-order valence-electron chi connectivity index (χ0n) is 20.1. The summed E-state index contributed by atoms with van der Waals surface area (Å²) in [7, 11) is 0. The highest BCUT2D eigenvalue weighted by atomic mass is 35.5. The third kappa shape index (κ3) is 5.45. The van der Waals surface area contributed by atoms with Gasteiger partial charge in [0.25, 0.3) is 5.69 Å². The van der Waals surface area contributed by atoms with Crippen molar-refractivity contribution >= 4 is 63.8 Å². The van der Waals surface area contributed by atoms with Gasteiger partial charge >= 0.3 is 0 Å². The van der Waals surface area contributed by atoms with Crippen LogP contribution in [0.3, 0.4) is 0 Å². The van der Waals surface area contributed by atoms with Crippen LogP contribution in [0.5, 0.6) is 0 Å². The first kappa shape index (κ1) is 26.3. The maximum Gasteiger partial charge on any atom is 0.288 e. The van der Waals surface area contributed by atoms with E-state index in [9.17, 15) is 24.5 Å². The van der Waals surface area contributed by atoms with Gasteiger partial charge in [0.05, 0.1) is 32.3 Å². The summed E-state index contributed by atoms with van der Waals surface area (Å²) in [5.41, 5.74) is 1.71. The predicted molar refractivity (Wildman–Crippen MR) is 148 cm³/mol. The lowest BCUT2D eigenvalue weighted by molar-refractivity contribution is -0.384. The lowest BCUT2D eigenvalue weighted by Crippen LogP contribution is -2.39. The van der Waals surface area contributed by atoms with E-state index in [1.807, 2.05) is 11.4 Å². The number of nitro groups is 1. The number of nitro benzene ring substituents is 1. The summed E-state index contributed by atoms with van der Waals surface area (Å²) < 4.78 is 0. The molecule has 2 fully saturated rings. The van der Waals surface area contributed by atoms with Crippen molar-refractivity contribution in [3.05, 3.63) is 74.1 Å². The van der Waals surface area contributed by atoms with Crippen LogP contribution >= 0.6 is 34.7 Å². The van der Waals surface area contributed by atoms with E-state index < -0.39 is 10.2 Å². The third-order valence-corrected chi connectivity index (χ3v) is 9.20. The van der Waals surface area contributed by atoms with Gasteiger partial charge in [0.2, 0.25) is 17.7 Å². The predicted octanol–water partition coefficient (Wildman–Crippen LogP) is 5.14. The largest absolute Gasteiger partial charge is 0.342 e. The quantitative estimate of drug-likeness (QED) is 0.219. The number of para-hydroxylation sites is 1. The average Bonchev–Trinajstić information content (AvgIpc) is 3.52. The van der Waals surface area contributed by atoms with Crippen LogP contribution in [0.4, 0.5) is 11.4 Å². The first-order valence-corrected chi connectivity index (χ1v) is 14.3. The summed E-state index contributed by atoms with van der Waals surface area (Å²) in [6, 6.07) is 13.5. The van der Waals surface area contributed by atoms with E-state index in [2.05, 4.69) is 0 Å². The SMILES string of the molecule is O=C(CSC1CC(=O)N(c2ccccc2)C1=O)N1CCC(c2nc(-c3ccc(Cl)c([N+](=O)[O-])c3)cs2)CC1. The first-order valence-electron chi connectivity index (χ1n) is 12.0. The molecule has 2 saturated heterocycles. The number of imide groups is 1. The van der Waals surface area contributed by atoms with Crippen molar-refractivity contribution in [2.24, 2.45) is 0 Å². The van der Waals surface area contributed by atoms with Crippen molar-refractivity contribution in [1.82, 2.24) is 9.88 Å². The van der Waals surface area contributed by atoms with Gasteiger partial charge in [0.1, 0.15) is 5.02 Å². The van der Waals surface area contributed by atoms with Crippen LogP contribution in [0.15, 0.2) is 53.9 Å². The van der Waals surface area contributed by atoms with Gasteiger partial charge in [-0.25, -0.2) is 9.88 Å². The molecule has 0 radical (unpaired) electrons. The summed E-state index contributed by atoms with van der Waals surface area (Å²) in [4.78, 5) is 56.5. The Morgan fingerprint density at radius 1 is 1.16 bits per heavy atom. The van der Waals surface area contributed by atoms with Crippen LogP contribution in [0.25, 0.3) is 11.3 Å². The number of halogens is 1. The van der Waals surface area contributed by atoms with Crippen LogP contribution < -0.4 is 4.90 Å². The van der Waals surface area contributed by atoms with Gasteiger partial charge in [-0.15, -0.1) is 23.1 Å². The van der Waals surface area contributed by atoms with Crippen molar-refractivity contribution in [2.75, 3.05) is 23.7 Å². The number of thioether (sulfide) groups is 1. The Morgan fingerprint density at radius 3 is 2.61 bits per heavy atom. The normalized spacial score (nSPS) is 18.3. The van der Waals surface area contributed by atoms with E-state index >= 15 is 0 Å². The highest BCUT2D eigenvalue weighted by molar-refractivity contribution is 8.01. The number of anilines is 1. The number of thiazole rings is 1. The van der Waals surface area contributed by atoms with Gasteiger partial charge in [-0.1, -0.05) is 35.9 Å². The molecule has 2 aromatic carbocycles. The molecule has 1 unspecified atom stereocenters. The van der Waals surface area contributed by atoms with Crippen molar-refractivity contribution in [3.8, 4) is 11.3 Å². The molecule has 3 heterocycles. The molecule has 0 spiro atoms. The molecule has 3 aromatic rings. The molecule has 5 rings (SSSR count). The number of piperidine rings is 1. The second-order valence-corrected chi connectivity index (χ2v) is 11.5. The fraction of sp³-hybridized carbons (Fsp3) is 0.308.